The second kappa shape index (κ2) is 11.7. The maximum atomic E-state index is 14.5. The van der Waals surface area contributed by atoms with Crippen molar-refractivity contribution < 1.29 is 22.4 Å². The van der Waals surface area contributed by atoms with Crippen molar-refractivity contribution in [3.63, 3.8) is 0 Å². The molecule has 1 aliphatic carbocycles. The highest BCUT2D eigenvalue weighted by Crippen LogP contribution is 2.23. The van der Waals surface area contributed by atoms with Gasteiger partial charge >= 0.3 is 0 Å². The van der Waals surface area contributed by atoms with Gasteiger partial charge in [-0.2, -0.15) is 0 Å². The van der Waals surface area contributed by atoms with Gasteiger partial charge in [0.05, 0.1) is 11.9 Å². The maximum absolute atomic E-state index is 14.5. The summed E-state index contributed by atoms with van der Waals surface area (Å²) in [7, 11) is -3.81. The van der Waals surface area contributed by atoms with Gasteiger partial charge in [0.15, 0.2) is 0 Å². The normalized spacial score (nSPS) is 15.3. The quantitative estimate of drug-likeness (QED) is 0.565. The fourth-order valence-electron chi connectivity index (χ4n) is 4.40. The van der Waals surface area contributed by atoms with Gasteiger partial charge in [-0.05, 0) is 44.4 Å². The van der Waals surface area contributed by atoms with Crippen LogP contribution < -0.4 is 9.62 Å². The van der Waals surface area contributed by atoms with E-state index in [1.54, 1.807) is 56.3 Å². The average molecular weight is 504 g/mol. The zero-order valence-corrected chi connectivity index (χ0v) is 21.4. The maximum Gasteiger partial charge on any atom is 0.244 e. The van der Waals surface area contributed by atoms with E-state index in [9.17, 15) is 22.4 Å². The van der Waals surface area contributed by atoms with Crippen molar-refractivity contribution in [3.05, 3.63) is 65.5 Å². The van der Waals surface area contributed by atoms with Crippen molar-refractivity contribution in [1.82, 2.24) is 10.2 Å². The molecular formula is C26H34FN3O4S. The molecule has 0 aliphatic heterocycles. The smallest absolute Gasteiger partial charge is 0.244 e. The fourth-order valence-corrected chi connectivity index (χ4v) is 5.31. The molecule has 1 fully saturated rings. The molecule has 2 aromatic rings. The number of carbonyl (C=O) groups is 2. The number of nitrogens with one attached hydrogen (secondary N) is 1. The third-order valence-corrected chi connectivity index (χ3v) is 7.61. The first kappa shape index (κ1) is 26.7. The molecule has 9 heteroatoms. The minimum Gasteiger partial charge on any atom is -0.352 e. The van der Waals surface area contributed by atoms with Crippen molar-refractivity contribution in [2.75, 3.05) is 17.1 Å². The first-order valence-corrected chi connectivity index (χ1v) is 13.8. The molecule has 0 bridgehead atoms. The van der Waals surface area contributed by atoms with Crippen molar-refractivity contribution in [2.45, 2.75) is 64.6 Å². The van der Waals surface area contributed by atoms with Gasteiger partial charge in [0.25, 0.3) is 0 Å². The zero-order valence-electron chi connectivity index (χ0n) is 20.5. The highest BCUT2D eigenvalue weighted by molar-refractivity contribution is 7.92. The highest BCUT2D eigenvalue weighted by atomic mass is 32.2. The van der Waals surface area contributed by atoms with E-state index in [-0.39, 0.29) is 24.1 Å². The van der Waals surface area contributed by atoms with Crippen molar-refractivity contribution in [2.24, 2.45) is 0 Å². The second-order valence-corrected chi connectivity index (χ2v) is 11.1. The molecule has 190 valence electrons. The topological polar surface area (TPSA) is 86.8 Å². The van der Waals surface area contributed by atoms with Crippen LogP contribution in [-0.2, 0) is 26.2 Å². The molecular weight excluding hydrogens is 469 g/mol. The van der Waals surface area contributed by atoms with Gasteiger partial charge < -0.3 is 10.2 Å². The SMILES string of the molecule is Cc1ccccc1N(CC(=O)N(Cc1ccccc1F)[C@@H](C)C(=O)NC1CCCCC1)S(C)(=O)=O. The van der Waals surface area contributed by atoms with Crippen LogP contribution in [0.1, 0.15) is 50.2 Å². The standard InChI is InChI=1S/C26H34FN3O4S/c1-19-11-7-10-16-24(19)30(35(3,33)34)18-25(31)29(17-21-12-8-9-15-23(21)27)20(2)26(32)28-22-13-5-4-6-14-22/h7-12,15-16,20,22H,4-6,13-14,17-18H2,1-3H3,(H,28,32)/t20-/m0/s1. The van der Waals surface area contributed by atoms with Crippen LogP contribution >= 0.6 is 0 Å². The molecule has 1 atom stereocenters. The number of benzene rings is 2. The van der Waals surface area contributed by atoms with Crippen LogP contribution in [0.4, 0.5) is 10.1 Å². The number of anilines is 1. The van der Waals surface area contributed by atoms with E-state index < -0.39 is 34.3 Å². The van der Waals surface area contributed by atoms with E-state index in [1.165, 1.54) is 11.0 Å². The number of hydrogen-bond donors (Lipinski definition) is 1. The van der Waals surface area contributed by atoms with E-state index >= 15 is 0 Å². The predicted molar refractivity (Wildman–Crippen MR) is 135 cm³/mol. The number of amides is 2. The van der Waals surface area contributed by atoms with Crippen LogP contribution in [0.15, 0.2) is 48.5 Å². The van der Waals surface area contributed by atoms with Gasteiger partial charge in [-0.25, -0.2) is 12.8 Å². The van der Waals surface area contributed by atoms with Gasteiger partial charge in [-0.15, -0.1) is 0 Å². The number of nitrogens with zero attached hydrogens (tertiary/aromatic N) is 2. The Balaban J connectivity index is 1.89. The van der Waals surface area contributed by atoms with Crippen LogP contribution in [0.5, 0.6) is 0 Å². The number of rotatable bonds is 9. The molecule has 3 rings (SSSR count). The first-order chi connectivity index (χ1) is 16.6. The van der Waals surface area contributed by atoms with E-state index in [0.29, 0.717) is 11.3 Å². The molecule has 0 heterocycles. The molecule has 0 aromatic heterocycles. The van der Waals surface area contributed by atoms with E-state index in [1.807, 2.05) is 0 Å². The van der Waals surface area contributed by atoms with Gasteiger partial charge in [0.2, 0.25) is 21.8 Å². The van der Waals surface area contributed by atoms with Gasteiger partial charge in [-0.1, -0.05) is 55.7 Å². The summed E-state index contributed by atoms with van der Waals surface area (Å²) in [5.41, 5.74) is 1.32. The zero-order chi connectivity index (χ0) is 25.6. The van der Waals surface area contributed by atoms with Crippen molar-refractivity contribution in [3.8, 4) is 0 Å². The molecule has 1 N–H and O–H groups in total. The van der Waals surface area contributed by atoms with Crippen molar-refractivity contribution >= 4 is 27.5 Å². The number of sulfonamides is 1. The molecule has 0 spiro atoms. The van der Waals surface area contributed by atoms with E-state index in [4.69, 9.17) is 0 Å². The van der Waals surface area contributed by atoms with E-state index in [0.717, 1.165) is 42.7 Å². The van der Waals surface area contributed by atoms with Crippen LogP contribution in [-0.4, -0.2) is 50.0 Å². The number of hydrogen-bond acceptors (Lipinski definition) is 4. The molecule has 1 aliphatic rings. The molecule has 2 amide bonds. The second-order valence-electron chi connectivity index (χ2n) is 9.19. The molecule has 2 aromatic carbocycles. The third kappa shape index (κ3) is 7.04. The molecule has 0 saturated heterocycles. The number of halogens is 1. The Kier molecular flexibility index (Phi) is 8.88. The Labute approximate surface area is 207 Å². The summed E-state index contributed by atoms with van der Waals surface area (Å²) in [6.45, 7) is 2.69. The Morgan fingerprint density at radius 2 is 1.69 bits per heavy atom. The van der Waals surface area contributed by atoms with Crippen LogP contribution in [0.3, 0.4) is 0 Å². The lowest BCUT2D eigenvalue weighted by Gasteiger charge is -2.33. The van der Waals surface area contributed by atoms with Crippen LogP contribution in [0.25, 0.3) is 0 Å². The van der Waals surface area contributed by atoms with Gasteiger partial charge in [0, 0.05) is 18.2 Å². The van der Waals surface area contributed by atoms with Crippen LogP contribution in [0, 0.1) is 12.7 Å². The summed E-state index contributed by atoms with van der Waals surface area (Å²) in [6.07, 6.45) is 6.02. The number of carbonyl (C=O) groups excluding carboxylic acids is 2. The molecule has 1 saturated carbocycles. The first-order valence-electron chi connectivity index (χ1n) is 11.9. The highest BCUT2D eigenvalue weighted by Gasteiger charge is 2.31. The molecule has 35 heavy (non-hydrogen) atoms. The third-order valence-electron chi connectivity index (χ3n) is 6.48. The Hall–Kier alpha value is -2.94. The summed E-state index contributed by atoms with van der Waals surface area (Å²) >= 11 is 0. The monoisotopic (exact) mass is 503 g/mol. The Morgan fingerprint density at radius 3 is 2.31 bits per heavy atom. The summed E-state index contributed by atoms with van der Waals surface area (Å²) in [5.74, 6) is -1.42. The predicted octanol–water partition coefficient (Wildman–Crippen LogP) is 3.77. The minimum absolute atomic E-state index is 0.0450. The van der Waals surface area contributed by atoms with E-state index in [2.05, 4.69) is 5.32 Å². The van der Waals surface area contributed by atoms with Gasteiger partial charge in [-0.3, -0.25) is 13.9 Å². The average Bonchev–Trinajstić information content (AvgIpc) is 2.82. The summed E-state index contributed by atoms with van der Waals surface area (Å²) < 4.78 is 40.8. The molecule has 7 nitrogen and oxygen atoms in total. The lowest BCUT2D eigenvalue weighted by atomic mass is 9.95. The van der Waals surface area contributed by atoms with Crippen LogP contribution in [0.2, 0.25) is 0 Å². The summed E-state index contributed by atoms with van der Waals surface area (Å²) in [4.78, 5) is 27.9. The molecule has 0 unspecified atom stereocenters. The summed E-state index contributed by atoms with van der Waals surface area (Å²) in [5, 5.41) is 3.02. The minimum atomic E-state index is -3.81. The number of aryl methyl sites for hydroxylation is 1. The fraction of sp³-hybridized carbons (Fsp3) is 0.462. The Bertz CT molecular complexity index is 1150. The lowest BCUT2D eigenvalue weighted by molar-refractivity contribution is -0.139. The van der Waals surface area contributed by atoms with Gasteiger partial charge in [0.1, 0.15) is 18.4 Å². The molecule has 0 radical (unpaired) electrons. The number of para-hydroxylation sites is 1. The lowest BCUT2D eigenvalue weighted by Crippen LogP contribution is -2.53. The summed E-state index contributed by atoms with van der Waals surface area (Å²) in [6, 6.07) is 12.0. The van der Waals surface area contributed by atoms with Crippen molar-refractivity contribution in [1.29, 1.82) is 0 Å². The Morgan fingerprint density at radius 1 is 1.06 bits per heavy atom. The largest absolute Gasteiger partial charge is 0.352 e.